The number of nitrogens with zero attached hydrogens (tertiary/aromatic N) is 3. The smallest absolute Gasteiger partial charge is 0.347 e. The molecule has 6 heteroatoms. The van der Waals surface area contributed by atoms with Crippen molar-refractivity contribution in [3.05, 3.63) is 11.1 Å². The maximum absolute atomic E-state index is 10.7. The third kappa shape index (κ3) is 2.94. The van der Waals surface area contributed by atoms with Gasteiger partial charge in [0.25, 0.3) is 0 Å². The number of carboxylic acids is 1. The highest BCUT2D eigenvalue weighted by molar-refractivity contribution is 7.17. The molecular formula is C10H13N3O2S. The molecule has 0 saturated carbocycles. The van der Waals surface area contributed by atoms with Crippen LogP contribution in [0.5, 0.6) is 0 Å². The molecule has 1 aromatic heterocycles. The van der Waals surface area contributed by atoms with Crippen molar-refractivity contribution in [2.24, 2.45) is 5.92 Å². The second kappa shape index (κ2) is 5.47. The van der Waals surface area contributed by atoms with Crippen molar-refractivity contribution in [1.82, 2.24) is 4.98 Å². The number of thiazole rings is 1. The summed E-state index contributed by atoms with van der Waals surface area (Å²) in [6, 6.07) is 2.15. The number of aromatic nitrogens is 1. The van der Waals surface area contributed by atoms with E-state index in [0.29, 0.717) is 18.2 Å². The molecule has 1 atom stereocenters. The molecular weight excluding hydrogens is 226 g/mol. The largest absolute Gasteiger partial charge is 0.477 e. The molecule has 0 aromatic carbocycles. The number of nitriles is 1. The van der Waals surface area contributed by atoms with Crippen LogP contribution >= 0.6 is 11.3 Å². The van der Waals surface area contributed by atoms with Crippen molar-refractivity contribution in [3.8, 4) is 6.07 Å². The zero-order valence-electron chi connectivity index (χ0n) is 9.17. The van der Waals surface area contributed by atoms with Gasteiger partial charge in [-0.05, 0) is 13.8 Å². The van der Waals surface area contributed by atoms with Gasteiger partial charge >= 0.3 is 5.97 Å². The van der Waals surface area contributed by atoms with Crippen LogP contribution in [-0.2, 0) is 0 Å². The molecule has 1 aromatic rings. The molecule has 1 unspecified atom stereocenters. The fourth-order valence-electron chi connectivity index (χ4n) is 1.22. The third-order valence-corrected chi connectivity index (χ3v) is 3.12. The Hall–Kier alpha value is -1.61. The number of aromatic carboxylic acids is 1. The number of anilines is 1. The monoisotopic (exact) mass is 239 g/mol. The number of hydrogen-bond donors (Lipinski definition) is 1. The van der Waals surface area contributed by atoms with Gasteiger partial charge in [-0.3, -0.25) is 0 Å². The van der Waals surface area contributed by atoms with E-state index in [4.69, 9.17) is 10.4 Å². The van der Waals surface area contributed by atoms with Crippen molar-refractivity contribution in [1.29, 1.82) is 5.26 Å². The molecule has 0 bridgehead atoms. The Morgan fingerprint density at radius 2 is 2.50 bits per heavy atom. The van der Waals surface area contributed by atoms with Crippen molar-refractivity contribution in [2.75, 3.05) is 18.0 Å². The van der Waals surface area contributed by atoms with Crippen molar-refractivity contribution in [3.63, 3.8) is 0 Å². The van der Waals surface area contributed by atoms with Crippen LogP contribution in [0.25, 0.3) is 0 Å². The third-order valence-electron chi connectivity index (χ3n) is 2.07. The van der Waals surface area contributed by atoms with Crippen LogP contribution in [0, 0.1) is 17.2 Å². The van der Waals surface area contributed by atoms with Crippen molar-refractivity contribution >= 4 is 22.4 Å². The highest BCUT2D eigenvalue weighted by Crippen LogP contribution is 2.23. The Labute approximate surface area is 98.0 Å². The van der Waals surface area contributed by atoms with Crippen LogP contribution in [0.4, 0.5) is 5.13 Å². The van der Waals surface area contributed by atoms with E-state index in [1.54, 1.807) is 0 Å². The standard InChI is InChI=1S/C10H13N3O2S/c1-3-13(6-7(2)4-11)10-12-5-8(16-10)9(14)15/h5,7H,3,6H2,1-2H3,(H,14,15). The van der Waals surface area contributed by atoms with E-state index in [0.717, 1.165) is 11.3 Å². The summed E-state index contributed by atoms with van der Waals surface area (Å²) in [5.74, 6) is -1.06. The maximum Gasteiger partial charge on any atom is 0.347 e. The molecule has 1 N–H and O–H groups in total. The minimum Gasteiger partial charge on any atom is -0.477 e. The zero-order valence-corrected chi connectivity index (χ0v) is 9.99. The SMILES string of the molecule is CCN(CC(C)C#N)c1ncc(C(=O)O)s1. The minimum atomic E-state index is -0.965. The fourth-order valence-corrected chi connectivity index (χ4v) is 2.05. The van der Waals surface area contributed by atoms with Gasteiger partial charge in [-0.15, -0.1) is 0 Å². The highest BCUT2D eigenvalue weighted by atomic mass is 32.1. The minimum absolute atomic E-state index is 0.0999. The molecule has 0 aliphatic rings. The van der Waals surface area contributed by atoms with Gasteiger partial charge in [-0.2, -0.15) is 5.26 Å². The van der Waals surface area contributed by atoms with E-state index in [1.165, 1.54) is 6.20 Å². The lowest BCUT2D eigenvalue weighted by Gasteiger charge is -2.20. The number of hydrogen-bond acceptors (Lipinski definition) is 5. The lowest BCUT2D eigenvalue weighted by Crippen LogP contribution is -2.27. The predicted molar refractivity (Wildman–Crippen MR) is 61.7 cm³/mol. The van der Waals surface area contributed by atoms with Gasteiger partial charge in [-0.1, -0.05) is 11.3 Å². The Bertz CT molecular complexity index is 410. The van der Waals surface area contributed by atoms with Gasteiger partial charge < -0.3 is 10.0 Å². The maximum atomic E-state index is 10.7. The lowest BCUT2D eigenvalue weighted by molar-refractivity contribution is 0.0702. The van der Waals surface area contributed by atoms with Crippen LogP contribution in [0.15, 0.2) is 6.20 Å². The Morgan fingerprint density at radius 3 is 2.94 bits per heavy atom. The van der Waals surface area contributed by atoms with Crippen molar-refractivity contribution < 1.29 is 9.90 Å². The molecule has 0 saturated heterocycles. The summed E-state index contributed by atoms with van der Waals surface area (Å²) >= 11 is 1.13. The average molecular weight is 239 g/mol. The number of rotatable bonds is 5. The molecule has 1 rings (SSSR count). The molecule has 0 radical (unpaired) electrons. The van der Waals surface area contributed by atoms with Gasteiger partial charge in [-0.25, -0.2) is 9.78 Å². The Morgan fingerprint density at radius 1 is 1.81 bits per heavy atom. The second-order valence-electron chi connectivity index (χ2n) is 3.38. The van der Waals surface area contributed by atoms with Gasteiger partial charge in [0.1, 0.15) is 4.88 Å². The topological polar surface area (TPSA) is 77.2 Å². The van der Waals surface area contributed by atoms with E-state index >= 15 is 0 Å². The summed E-state index contributed by atoms with van der Waals surface area (Å²) < 4.78 is 0. The molecule has 16 heavy (non-hydrogen) atoms. The van der Waals surface area contributed by atoms with Crippen LogP contribution in [-0.4, -0.2) is 29.1 Å². The Kier molecular flexibility index (Phi) is 4.26. The average Bonchev–Trinajstić information content (AvgIpc) is 2.74. The normalized spacial score (nSPS) is 11.8. The summed E-state index contributed by atoms with van der Waals surface area (Å²) in [5.41, 5.74) is 0. The van der Waals surface area contributed by atoms with Crippen molar-refractivity contribution in [2.45, 2.75) is 13.8 Å². The molecule has 1 heterocycles. The van der Waals surface area contributed by atoms with E-state index in [2.05, 4.69) is 11.1 Å². The molecule has 0 amide bonds. The number of carboxylic acid groups (broad SMARTS) is 1. The first-order chi connectivity index (χ1) is 7.58. The van der Waals surface area contributed by atoms with E-state index in [1.807, 2.05) is 18.7 Å². The second-order valence-corrected chi connectivity index (χ2v) is 4.39. The first-order valence-corrected chi connectivity index (χ1v) is 5.73. The first-order valence-electron chi connectivity index (χ1n) is 4.92. The van der Waals surface area contributed by atoms with Crippen LogP contribution in [0.2, 0.25) is 0 Å². The summed E-state index contributed by atoms with van der Waals surface area (Å²) in [4.78, 5) is 16.9. The van der Waals surface area contributed by atoms with Crippen LogP contribution in [0.1, 0.15) is 23.5 Å². The summed E-state index contributed by atoms with van der Waals surface area (Å²) in [6.07, 6.45) is 1.35. The summed E-state index contributed by atoms with van der Waals surface area (Å²) in [5, 5.41) is 18.2. The fraction of sp³-hybridized carbons (Fsp3) is 0.500. The van der Waals surface area contributed by atoms with Gasteiger partial charge in [0, 0.05) is 13.1 Å². The molecule has 0 spiro atoms. The van der Waals surface area contributed by atoms with E-state index < -0.39 is 5.97 Å². The zero-order chi connectivity index (χ0) is 12.1. The molecule has 0 fully saturated rings. The molecule has 5 nitrogen and oxygen atoms in total. The summed E-state index contributed by atoms with van der Waals surface area (Å²) in [7, 11) is 0. The van der Waals surface area contributed by atoms with Gasteiger partial charge in [0.15, 0.2) is 5.13 Å². The van der Waals surface area contributed by atoms with E-state index in [-0.39, 0.29) is 10.8 Å². The van der Waals surface area contributed by atoms with E-state index in [9.17, 15) is 4.79 Å². The molecule has 0 aliphatic carbocycles. The van der Waals surface area contributed by atoms with Gasteiger partial charge in [0.05, 0.1) is 18.2 Å². The molecule has 86 valence electrons. The summed E-state index contributed by atoms with van der Waals surface area (Å²) in [6.45, 7) is 5.05. The molecule has 0 aliphatic heterocycles. The first kappa shape index (κ1) is 12.5. The van der Waals surface area contributed by atoms with Gasteiger partial charge in [0.2, 0.25) is 0 Å². The predicted octanol–water partition coefficient (Wildman–Crippen LogP) is 1.83. The number of carbonyl (C=O) groups is 1. The lowest BCUT2D eigenvalue weighted by atomic mass is 10.2. The van der Waals surface area contributed by atoms with Crippen LogP contribution < -0.4 is 4.90 Å². The highest BCUT2D eigenvalue weighted by Gasteiger charge is 2.15. The quantitative estimate of drug-likeness (QED) is 0.848. The van der Waals surface area contributed by atoms with Crippen LogP contribution in [0.3, 0.4) is 0 Å². The Balaban J connectivity index is 2.79.